The highest BCUT2D eigenvalue weighted by molar-refractivity contribution is 6.07. The number of piperazine rings is 1. The Kier molecular flexibility index (Phi) is 6.57. The summed E-state index contributed by atoms with van der Waals surface area (Å²) in [7, 11) is 0. The van der Waals surface area contributed by atoms with Crippen LogP contribution < -0.4 is 25.8 Å². The van der Waals surface area contributed by atoms with Gasteiger partial charge in [-0.3, -0.25) is 9.59 Å². The first-order chi connectivity index (χ1) is 20.6. The van der Waals surface area contributed by atoms with Crippen LogP contribution in [0.3, 0.4) is 0 Å². The number of nitrogens with one attached hydrogen (secondary N) is 3. The van der Waals surface area contributed by atoms with E-state index in [4.69, 9.17) is 4.98 Å². The molecule has 1 aromatic heterocycles. The molecular formula is C31H32F3N7O2. The van der Waals surface area contributed by atoms with Crippen LogP contribution in [0.5, 0.6) is 0 Å². The van der Waals surface area contributed by atoms with Gasteiger partial charge in [-0.1, -0.05) is 6.07 Å². The molecule has 12 heteroatoms. The monoisotopic (exact) mass is 591 g/mol. The van der Waals surface area contributed by atoms with Gasteiger partial charge in [0.25, 0.3) is 5.91 Å². The lowest BCUT2D eigenvalue weighted by Gasteiger charge is -2.34. The predicted octanol–water partition coefficient (Wildman–Crippen LogP) is 4.62. The highest BCUT2D eigenvalue weighted by Gasteiger charge is 2.58. The zero-order chi connectivity index (χ0) is 29.9. The van der Waals surface area contributed by atoms with Crippen molar-refractivity contribution < 1.29 is 22.8 Å². The Bertz CT molecular complexity index is 1610. The molecule has 2 aliphatic carbocycles. The summed E-state index contributed by atoms with van der Waals surface area (Å²) in [5, 5.41) is 9.27. The first-order valence-electron chi connectivity index (χ1n) is 14.7. The van der Waals surface area contributed by atoms with Gasteiger partial charge in [-0.25, -0.2) is 9.97 Å². The van der Waals surface area contributed by atoms with Crippen LogP contribution in [0.4, 0.5) is 36.2 Å². The molecule has 4 aliphatic rings. The molecule has 0 radical (unpaired) electrons. The number of amides is 2. The number of hydrogen-bond acceptors (Lipinski definition) is 7. The number of aromatic nitrogens is 2. The van der Waals surface area contributed by atoms with Gasteiger partial charge in [0.2, 0.25) is 11.9 Å². The van der Waals surface area contributed by atoms with Gasteiger partial charge in [-0.05, 0) is 68.5 Å². The van der Waals surface area contributed by atoms with Crippen molar-refractivity contribution in [1.29, 1.82) is 0 Å². The number of benzene rings is 2. The molecule has 0 unspecified atom stereocenters. The van der Waals surface area contributed by atoms with E-state index in [2.05, 4.69) is 20.9 Å². The number of fused-ring (bicyclic) bond motifs is 2. The van der Waals surface area contributed by atoms with Crippen LogP contribution >= 0.6 is 0 Å². The summed E-state index contributed by atoms with van der Waals surface area (Å²) in [4.78, 5) is 40.0. The fraction of sp³-hybridized carbons (Fsp3) is 0.419. The van der Waals surface area contributed by atoms with Gasteiger partial charge in [0.1, 0.15) is 0 Å². The normalized spacial score (nSPS) is 19.3. The summed E-state index contributed by atoms with van der Waals surface area (Å²) in [6.07, 6.45) is 0.783. The van der Waals surface area contributed by atoms with Crippen molar-refractivity contribution in [3.63, 3.8) is 0 Å². The molecule has 3 fully saturated rings. The second-order valence-electron chi connectivity index (χ2n) is 11.9. The number of anilines is 4. The van der Waals surface area contributed by atoms with E-state index in [-0.39, 0.29) is 11.5 Å². The smallest absolute Gasteiger partial charge is 0.369 e. The van der Waals surface area contributed by atoms with Gasteiger partial charge >= 0.3 is 6.18 Å². The maximum Gasteiger partial charge on any atom is 0.416 e. The molecule has 1 saturated heterocycles. The van der Waals surface area contributed by atoms with Gasteiger partial charge in [0.05, 0.1) is 23.2 Å². The average molecular weight is 592 g/mol. The van der Waals surface area contributed by atoms with Crippen molar-refractivity contribution in [2.45, 2.75) is 56.8 Å². The fourth-order valence-electron chi connectivity index (χ4n) is 5.98. The maximum atomic E-state index is 13.9. The number of rotatable bonds is 6. The molecule has 2 saturated carbocycles. The van der Waals surface area contributed by atoms with Crippen LogP contribution in [0.2, 0.25) is 0 Å². The quantitative estimate of drug-likeness (QED) is 0.385. The van der Waals surface area contributed by atoms with Gasteiger partial charge < -0.3 is 25.8 Å². The number of alkyl halides is 3. The summed E-state index contributed by atoms with van der Waals surface area (Å²) >= 11 is 0. The number of halogens is 3. The lowest BCUT2D eigenvalue weighted by Crippen LogP contribution is -2.45. The number of carbonyl (C=O) groups is 2. The minimum Gasteiger partial charge on any atom is -0.369 e. The zero-order valence-corrected chi connectivity index (χ0v) is 23.7. The lowest BCUT2D eigenvalue weighted by atomic mass is 9.91. The standard InChI is InChI=1S/C31H32F3N7O2/c1-18-2-3-23(37-27(42)19-12-21(31(32,33)34)14-24(13-19)40-10-8-35-9-11-40)15-25(18)41-17-20-16-36-29(38-22-4-5-22)39-26(20)30(6-7-30)28(41)43/h2-3,12-16,22,35H,4-11,17H2,1H3,(H,37,42)(H,36,38,39). The summed E-state index contributed by atoms with van der Waals surface area (Å²) in [5.74, 6) is -0.138. The van der Waals surface area contributed by atoms with Crippen molar-refractivity contribution in [2.75, 3.05) is 46.6 Å². The molecule has 7 rings (SSSR count). The molecular weight excluding hydrogens is 559 g/mol. The molecule has 0 atom stereocenters. The summed E-state index contributed by atoms with van der Waals surface area (Å²) in [6.45, 7) is 4.56. The average Bonchev–Trinajstić information content (AvgIpc) is 3.93. The second kappa shape index (κ2) is 10.2. The van der Waals surface area contributed by atoms with E-state index < -0.39 is 23.1 Å². The minimum absolute atomic E-state index is 0.0406. The Hall–Kier alpha value is -4.19. The molecule has 2 aromatic carbocycles. The van der Waals surface area contributed by atoms with Crippen molar-refractivity contribution in [2.24, 2.45) is 0 Å². The molecule has 9 nitrogen and oxygen atoms in total. The summed E-state index contributed by atoms with van der Waals surface area (Å²) in [6, 6.07) is 9.06. The van der Waals surface area contributed by atoms with Crippen molar-refractivity contribution in [3.05, 3.63) is 70.5 Å². The van der Waals surface area contributed by atoms with Crippen LogP contribution in [-0.4, -0.2) is 54.0 Å². The van der Waals surface area contributed by atoms with E-state index in [1.165, 1.54) is 6.07 Å². The molecule has 43 heavy (non-hydrogen) atoms. The van der Waals surface area contributed by atoms with Gasteiger partial charge in [-0.2, -0.15) is 13.2 Å². The van der Waals surface area contributed by atoms with Crippen LogP contribution in [0, 0.1) is 6.92 Å². The van der Waals surface area contributed by atoms with Crippen LogP contribution in [-0.2, 0) is 22.9 Å². The van der Waals surface area contributed by atoms with Crippen molar-refractivity contribution in [3.8, 4) is 0 Å². The van der Waals surface area contributed by atoms with Gasteiger partial charge in [0, 0.05) is 66.6 Å². The molecule has 3 N–H and O–H groups in total. The number of nitrogens with zero attached hydrogens (tertiary/aromatic N) is 4. The summed E-state index contributed by atoms with van der Waals surface area (Å²) in [5.41, 5.74) is 2.24. The number of carbonyl (C=O) groups excluding carboxylic acids is 2. The summed E-state index contributed by atoms with van der Waals surface area (Å²) < 4.78 is 41.4. The topological polar surface area (TPSA) is 102 Å². The Labute approximate surface area is 246 Å². The Morgan fingerprint density at radius 1 is 1.09 bits per heavy atom. The minimum atomic E-state index is -4.60. The molecule has 3 heterocycles. The Morgan fingerprint density at radius 3 is 2.56 bits per heavy atom. The number of hydrogen-bond donors (Lipinski definition) is 3. The van der Waals surface area contributed by atoms with E-state index in [9.17, 15) is 22.8 Å². The lowest BCUT2D eigenvalue weighted by molar-refractivity contribution is -0.137. The molecule has 224 valence electrons. The van der Waals surface area contributed by atoms with Crippen LogP contribution in [0.15, 0.2) is 42.6 Å². The molecule has 2 amide bonds. The third-order valence-electron chi connectivity index (χ3n) is 8.71. The fourth-order valence-corrected chi connectivity index (χ4v) is 5.98. The largest absolute Gasteiger partial charge is 0.416 e. The number of aryl methyl sites for hydroxylation is 1. The third-order valence-corrected chi connectivity index (χ3v) is 8.71. The van der Waals surface area contributed by atoms with E-state index in [0.29, 0.717) is 74.6 Å². The van der Waals surface area contributed by atoms with Crippen LogP contribution in [0.25, 0.3) is 0 Å². The second-order valence-corrected chi connectivity index (χ2v) is 11.9. The first kappa shape index (κ1) is 27.6. The Morgan fingerprint density at radius 2 is 1.86 bits per heavy atom. The van der Waals surface area contributed by atoms with Crippen LogP contribution in [0.1, 0.15) is 58.4 Å². The molecule has 3 aromatic rings. The van der Waals surface area contributed by atoms with E-state index in [1.807, 2.05) is 11.8 Å². The maximum absolute atomic E-state index is 13.9. The van der Waals surface area contributed by atoms with Gasteiger partial charge in [0.15, 0.2) is 0 Å². The van der Waals surface area contributed by atoms with Gasteiger partial charge in [-0.15, -0.1) is 0 Å². The first-order valence-corrected chi connectivity index (χ1v) is 14.7. The molecule has 2 aliphatic heterocycles. The van der Waals surface area contributed by atoms with E-state index in [0.717, 1.165) is 41.8 Å². The zero-order valence-electron chi connectivity index (χ0n) is 23.7. The predicted molar refractivity (Wildman–Crippen MR) is 156 cm³/mol. The van der Waals surface area contributed by atoms with E-state index in [1.54, 1.807) is 29.3 Å². The Balaban J connectivity index is 1.16. The SMILES string of the molecule is Cc1ccc(NC(=O)c2cc(N3CCNCC3)cc(C(F)(F)F)c2)cc1N1Cc2cnc(NC3CC3)nc2C2(CC2)C1=O. The highest BCUT2D eigenvalue weighted by Crippen LogP contribution is 2.53. The third kappa shape index (κ3) is 5.28. The molecule has 0 bridgehead atoms. The highest BCUT2D eigenvalue weighted by atomic mass is 19.4. The molecule has 1 spiro atoms. The van der Waals surface area contributed by atoms with Crippen molar-refractivity contribution in [1.82, 2.24) is 15.3 Å². The van der Waals surface area contributed by atoms with E-state index >= 15 is 0 Å². The van der Waals surface area contributed by atoms with Crippen molar-refractivity contribution >= 4 is 34.8 Å².